The summed E-state index contributed by atoms with van der Waals surface area (Å²) >= 11 is 5.27. The lowest BCUT2D eigenvalue weighted by molar-refractivity contribution is 0.355. The number of aromatic nitrogens is 2. The molecule has 26 heavy (non-hydrogen) atoms. The van der Waals surface area contributed by atoms with E-state index >= 15 is 0 Å². The molecule has 0 spiro atoms. The van der Waals surface area contributed by atoms with Crippen LogP contribution in [-0.2, 0) is 0 Å². The molecule has 0 unspecified atom stereocenters. The highest BCUT2D eigenvalue weighted by Gasteiger charge is 2.24. The third-order valence-electron chi connectivity index (χ3n) is 5.27. The maximum Gasteiger partial charge on any atom is 0.232 e. The summed E-state index contributed by atoms with van der Waals surface area (Å²) in [5.74, 6) is 3.99. The number of rotatable bonds is 3. The van der Waals surface area contributed by atoms with E-state index in [0.717, 1.165) is 37.8 Å². The molecule has 3 heterocycles. The standard InChI is InChI=1S/C19H32N6S/c1-14-10-15(2)13-25(12-14)17-11-16(24-8-6-4-5-7-9-24)21-18(22-17)23-19(26)20-3/h11,14-15H,4-10,12-13H2,1-3H3,(H2,20,21,22,23,26)/t14-,15-/m1/s1. The summed E-state index contributed by atoms with van der Waals surface area (Å²) in [6.45, 7) is 8.90. The minimum absolute atomic E-state index is 0.546. The van der Waals surface area contributed by atoms with Gasteiger partial charge in [-0.1, -0.05) is 26.7 Å². The van der Waals surface area contributed by atoms with Crippen molar-refractivity contribution in [3.05, 3.63) is 6.07 Å². The van der Waals surface area contributed by atoms with E-state index in [1.54, 1.807) is 0 Å². The van der Waals surface area contributed by atoms with Gasteiger partial charge in [0, 0.05) is 39.3 Å². The molecule has 2 aliphatic heterocycles. The van der Waals surface area contributed by atoms with Crippen molar-refractivity contribution in [1.82, 2.24) is 15.3 Å². The van der Waals surface area contributed by atoms with Crippen molar-refractivity contribution in [2.45, 2.75) is 46.0 Å². The van der Waals surface area contributed by atoms with Crippen molar-refractivity contribution in [2.24, 2.45) is 11.8 Å². The van der Waals surface area contributed by atoms with Gasteiger partial charge in [0.15, 0.2) is 5.11 Å². The fourth-order valence-electron chi connectivity index (χ4n) is 4.12. The van der Waals surface area contributed by atoms with Crippen molar-refractivity contribution in [2.75, 3.05) is 48.3 Å². The van der Waals surface area contributed by atoms with E-state index in [2.05, 4.69) is 40.3 Å². The second-order valence-corrected chi connectivity index (χ2v) is 8.27. The zero-order chi connectivity index (χ0) is 18.5. The van der Waals surface area contributed by atoms with Crippen molar-refractivity contribution in [1.29, 1.82) is 0 Å². The molecule has 0 radical (unpaired) electrons. The maximum atomic E-state index is 5.27. The summed E-state index contributed by atoms with van der Waals surface area (Å²) in [5, 5.41) is 6.63. The van der Waals surface area contributed by atoms with E-state index in [9.17, 15) is 0 Å². The first-order valence-electron chi connectivity index (χ1n) is 9.93. The first-order valence-corrected chi connectivity index (χ1v) is 10.3. The van der Waals surface area contributed by atoms with Crippen LogP contribution in [0.3, 0.4) is 0 Å². The van der Waals surface area contributed by atoms with Crippen LogP contribution >= 0.6 is 12.2 Å². The van der Waals surface area contributed by atoms with Crippen molar-refractivity contribution in [3.8, 4) is 0 Å². The Morgan fingerprint density at radius 3 is 2.15 bits per heavy atom. The lowest BCUT2D eigenvalue weighted by atomic mass is 9.92. The molecule has 0 bridgehead atoms. The Kier molecular flexibility index (Phi) is 6.51. The second kappa shape index (κ2) is 8.84. The predicted octanol–water partition coefficient (Wildman–Crippen LogP) is 3.26. The monoisotopic (exact) mass is 376 g/mol. The van der Waals surface area contributed by atoms with E-state index in [-0.39, 0.29) is 0 Å². The summed E-state index contributed by atoms with van der Waals surface area (Å²) in [6, 6.07) is 2.17. The van der Waals surface area contributed by atoms with Gasteiger partial charge in [0.2, 0.25) is 5.95 Å². The average molecular weight is 377 g/mol. The first-order chi connectivity index (χ1) is 12.5. The summed E-state index contributed by atoms with van der Waals surface area (Å²) in [5.41, 5.74) is 0. The molecule has 1 aromatic heterocycles. The van der Waals surface area contributed by atoms with Gasteiger partial charge in [-0.2, -0.15) is 9.97 Å². The third kappa shape index (κ3) is 4.96. The predicted molar refractivity (Wildman–Crippen MR) is 113 cm³/mol. The normalized spacial score (nSPS) is 24.1. The van der Waals surface area contributed by atoms with Crippen molar-refractivity contribution in [3.63, 3.8) is 0 Å². The molecule has 0 saturated carbocycles. The molecular formula is C19H32N6S. The van der Waals surface area contributed by atoms with Crippen LogP contribution in [0.25, 0.3) is 0 Å². The van der Waals surface area contributed by atoms with Crippen LogP contribution in [0, 0.1) is 11.8 Å². The first kappa shape index (κ1) is 19.1. The van der Waals surface area contributed by atoms with Gasteiger partial charge in [0.05, 0.1) is 0 Å². The van der Waals surface area contributed by atoms with Crippen LogP contribution < -0.4 is 20.4 Å². The number of hydrogen-bond acceptors (Lipinski definition) is 5. The Hall–Kier alpha value is -1.63. The average Bonchev–Trinajstić information content (AvgIpc) is 2.90. The van der Waals surface area contributed by atoms with Gasteiger partial charge in [0.25, 0.3) is 0 Å². The highest BCUT2D eigenvalue weighted by atomic mass is 32.1. The highest BCUT2D eigenvalue weighted by Crippen LogP contribution is 2.29. The van der Waals surface area contributed by atoms with E-state index in [1.807, 2.05) is 7.05 Å². The van der Waals surface area contributed by atoms with Crippen molar-refractivity contribution < 1.29 is 0 Å². The number of anilines is 3. The minimum Gasteiger partial charge on any atom is -0.365 e. The maximum absolute atomic E-state index is 5.27. The molecule has 2 atom stereocenters. The molecule has 6 nitrogen and oxygen atoms in total. The van der Waals surface area contributed by atoms with E-state index in [4.69, 9.17) is 22.2 Å². The lowest BCUT2D eigenvalue weighted by Gasteiger charge is -2.36. The molecule has 2 aliphatic rings. The molecular weight excluding hydrogens is 344 g/mol. The van der Waals surface area contributed by atoms with Crippen LogP contribution in [0.1, 0.15) is 46.0 Å². The van der Waals surface area contributed by atoms with Gasteiger partial charge in [-0.3, -0.25) is 0 Å². The van der Waals surface area contributed by atoms with Crippen LogP contribution in [0.5, 0.6) is 0 Å². The number of thiocarbonyl (C=S) groups is 1. The SMILES string of the molecule is CNC(=S)Nc1nc(N2CCCCCC2)cc(N2C[C@H](C)C[C@@H](C)C2)n1. The van der Waals surface area contributed by atoms with E-state index < -0.39 is 0 Å². The Balaban J connectivity index is 1.90. The summed E-state index contributed by atoms with van der Waals surface area (Å²) in [4.78, 5) is 14.4. The zero-order valence-corrected chi connectivity index (χ0v) is 17.1. The lowest BCUT2D eigenvalue weighted by Crippen LogP contribution is -2.39. The number of nitrogens with one attached hydrogen (secondary N) is 2. The van der Waals surface area contributed by atoms with Crippen LogP contribution in [-0.4, -0.2) is 48.3 Å². The largest absolute Gasteiger partial charge is 0.365 e. The van der Waals surface area contributed by atoms with Gasteiger partial charge in [-0.05, 0) is 43.3 Å². The molecule has 2 fully saturated rings. The number of piperidine rings is 1. The van der Waals surface area contributed by atoms with E-state index in [0.29, 0.717) is 22.9 Å². The Bertz CT molecular complexity index is 604. The number of nitrogens with zero attached hydrogens (tertiary/aromatic N) is 4. The van der Waals surface area contributed by atoms with Gasteiger partial charge in [-0.15, -0.1) is 0 Å². The van der Waals surface area contributed by atoms with Crippen LogP contribution in [0.15, 0.2) is 6.07 Å². The molecule has 0 aromatic carbocycles. The molecule has 144 valence electrons. The van der Waals surface area contributed by atoms with E-state index in [1.165, 1.54) is 32.1 Å². The quantitative estimate of drug-likeness (QED) is 0.785. The summed E-state index contributed by atoms with van der Waals surface area (Å²) < 4.78 is 0. The fraction of sp³-hybridized carbons (Fsp3) is 0.737. The smallest absolute Gasteiger partial charge is 0.232 e. The van der Waals surface area contributed by atoms with Gasteiger partial charge in [0.1, 0.15) is 11.6 Å². The Morgan fingerprint density at radius 1 is 1.00 bits per heavy atom. The number of hydrogen-bond donors (Lipinski definition) is 2. The molecule has 0 aliphatic carbocycles. The zero-order valence-electron chi connectivity index (χ0n) is 16.3. The molecule has 2 saturated heterocycles. The van der Waals surface area contributed by atoms with Gasteiger partial charge in [-0.25, -0.2) is 0 Å². The van der Waals surface area contributed by atoms with Gasteiger partial charge >= 0.3 is 0 Å². The molecule has 7 heteroatoms. The van der Waals surface area contributed by atoms with Gasteiger partial charge < -0.3 is 20.4 Å². The molecule has 0 amide bonds. The molecule has 3 rings (SSSR count). The Morgan fingerprint density at radius 2 is 1.58 bits per heavy atom. The topological polar surface area (TPSA) is 56.3 Å². The fourth-order valence-corrected chi connectivity index (χ4v) is 4.21. The summed E-state index contributed by atoms with van der Waals surface area (Å²) in [7, 11) is 1.81. The highest BCUT2D eigenvalue weighted by molar-refractivity contribution is 7.80. The molecule has 2 N–H and O–H groups in total. The molecule has 1 aromatic rings. The Labute approximate surface area is 162 Å². The van der Waals surface area contributed by atoms with Crippen LogP contribution in [0.2, 0.25) is 0 Å². The third-order valence-corrected chi connectivity index (χ3v) is 5.58. The summed E-state index contributed by atoms with van der Waals surface area (Å²) in [6.07, 6.45) is 6.37. The van der Waals surface area contributed by atoms with Crippen molar-refractivity contribution >= 4 is 34.9 Å². The second-order valence-electron chi connectivity index (χ2n) is 7.86. The van der Waals surface area contributed by atoms with Crippen LogP contribution in [0.4, 0.5) is 17.6 Å². The minimum atomic E-state index is 0.546.